The molecule has 1 saturated carbocycles. The second kappa shape index (κ2) is 11.3. The Morgan fingerprint density at radius 3 is 2.60 bits per heavy atom. The monoisotopic (exact) mass is 578 g/mol. The fraction of sp³-hybridized carbons (Fsp3) is 0.310. The van der Waals surface area contributed by atoms with Crippen molar-refractivity contribution in [1.82, 2.24) is 19.5 Å². The van der Waals surface area contributed by atoms with E-state index in [1.165, 1.54) is 12.4 Å². The maximum Gasteiger partial charge on any atom is 0.416 e. The summed E-state index contributed by atoms with van der Waals surface area (Å²) in [6.45, 7) is 3.59. The van der Waals surface area contributed by atoms with Gasteiger partial charge >= 0.3 is 6.18 Å². The number of imidazole rings is 1. The number of carbonyl (C=O) groups is 1. The molecule has 1 saturated heterocycles. The fourth-order valence-corrected chi connectivity index (χ4v) is 4.64. The summed E-state index contributed by atoms with van der Waals surface area (Å²) in [5.41, 5.74) is 1.30. The lowest BCUT2D eigenvalue weighted by Gasteiger charge is -2.29. The van der Waals surface area contributed by atoms with Crippen molar-refractivity contribution in [1.29, 1.82) is 0 Å². The molecule has 218 valence electrons. The minimum atomic E-state index is -4.60. The number of carbonyl (C=O) groups excluding carboxylic acids is 1. The summed E-state index contributed by atoms with van der Waals surface area (Å²) >= 11 is 0. The van der Waals surface area contributed by atoms with E-state index < -0.39 is 17.6 Å². The predicted molar refractivity (Wildman–Crippen MR) is 153 cm³/mol. The summed E-state index contributed by atoms with van der Waals surface area (Å²) in [5, 5.41) is 9.38. The molecule has 42 heavy (non-hydrogen) atoms. The first-order valence-corrected chi connectivity index (χ1v) is 13.6. The number of anilines is 5. The van der Waals surface area contributed by atoms with Crippen molar-refractivity contribution in [3.8, 4) is 5.82 Å². The zero-order valence-corrected chi connectivity index (χ0v) is 22.8. The number of hydrogen-bond acceptors (Lipinski definition) is 8. The lowest BCUT2D eigenvalue weighted by molar-refractivity contribution is -0.137. The molecule has 0 unspecified atom stereocenters. The van der Waals surface area contributed by atoms with Crippen molar-refractivity contribution >= 4 is 34.7 Å². The Labute approximate surface area is 239 Å². The average molecular weight is 579 g/mol. The third-order valence-electron chi connectivity index (χ3n) is 7.10. The summed E-state index contributed by atoms with van der Waals surface area (Å²) < 4.78 is 48.2. The number of ether oxygens (including phenoxy) is 1. The Kier molecular flexibility index (Phi) is 7.42. The Hall–Kier alpha value is -4.65. The normalized spacial score (nSPS) is 15.4. The van der Waals surface area contributed by atoms with Gasteiger partial charge in [0.05, 0.1) is 18.8 Å². The molecule has 2 aromatic heterocycles. The number of nitrogens with one attached hydrogen (secondary N) is 3. The van der Waals surface area contributed by atoms with Gasteiger partial charge in [0.2, 0.25) is 5.95 Å². The van der Waals surface area contributed by atoms with Crippen molar-refractivity contribution in [2.45, 2.75) is 32.0 Å². The minimum Gasteiger partial charge on any atom is -0.378 e. The number of nitrogens with zero attached hydrogens (tertiary/aromatic N) is 5. The third kappa shape index (κ3) is 6.30. The SMILES string of the molecule is Cc1ccc(NC(=O)c2cc(N3CCOCC3)cc(C(F)(F)F)c2)cc1Nc1nccn1-c1cc(NC2CC2)ncn1. The lowest BCUT2D eigenvalue weighted by Crippen LogP contribution is -2.36. The summed E-state index contributed by atoms with van der Waals surface area (Å²) in [7, 11) is 0. The van der Waals surface area contributed by atoms with Crippen LogP contribution in [0.1, 0.15) is 34.3 Å². The molecule has 1 aliphatic carbocycles. The van der Waals surface area contributed by atoms with E-state index in [9.17, 15) is 18.0 Å². The van der Waals surface area contributed by atoms with Gasteiger partial charge in [0.25, 0.3) is 5.91 Å². The summed E-state index contributed by atoms with van der Waals surface area (Å²) in [5.74, 6) is 1.19. The molecule has 10 nitrogen and oxygen atoms in total. The molecule has 0 spiro atoms. The summed E-state index contributed by atoms with van der Waals surface area (Å²) in [6, 6.07) is 10.9. The molecule has 0 radical (unpaired) electrons. The highest BCUT2D eigenvalue weighted by molar-refractivity contribution is 6.05. The van der Waals surface area contributed by atoms with E-state index in [0.29, 0.717) is 61.2 Å². The molecular formula is C29H29F3N8O2. The third-order valence-corrected chi connectivity index (χ3v) is 7.10. The number of aromatic nitrogens is 4. The van der Waals surface area contributed by atoms with Crippen LogP contribution in [-0.2, 0) is 10.9 Å². The molecule has 1 aliphatic heterocycles. The zero-order chi connectivity index (χ0) is 29.3. The van der Waals surface area contributed by atoms with Gasteiger partial charge < -0.3 is 25.6 Å². The van der Waals surface area contributed by atoms with Crippen molar-refractivity contribution in [2.75, 3.05) is 47.2 Å². The number of alkyl halides is 3. The molecule has 1 amide bonds. The van der Waals surface area contributed by atoms with Crippen LogP contribution in [0, 0.1) is 6.92 Å². The predicted octanol–water partition coefficient (Wildman–Crippen LogP) is 5.40. The maximum absolute atomic E-state index is 13.7. The van der Waals surface area contributed by atoms with Gasteiger partial charge in [-0.15, -0.1) is 0 Å². The van der Waals surface area contributed by atoms with E-state index in [4.69, 9.17) is 4.74 Å². The Bertz CT molecular complexity index is 1600. The van der Waals surface area contributed by atoms with Crippen molar-refractivity contribution in [2.24, 2.45) is 0 Å². The molecule has 0 atom stereocenters. The lowest BCUT2D eigenvalue weighted by atomic mass is 10.1. The molecule has 13 heteroatoms. The molecule has 2 aliphatic rings. The van der Waals surface area contributed by atoms with Crippen molar-refractivity contribution < 1.29 is 22.7 Å². The van der Waals surface area contributed by atoms with Crippen LogP contribution in [0.5, 0.6) is 0 Å². The van der Waals surface area contributed by atoms with Gasteiger partial charge in [-0.1, -0.05) is 6.07 Å². The fourth-order valence-electron chi connectivity index (χ4n) is 4.64. The smallest absolute Gasteiger partial charge is 0.378 e. The first-order chi connectivity index (χ1) is 20.2. The van der Waals surface area contributed by atoms with Crippen LogP contribution in [0.25, 0.3) is 5.82 Å². The van der Waals surface area contributed by atoms with Gasteiger partial charge in [-0.25, -0.2) is 15.0 Å². The van der Waals surface area contributed by atoms with Crippen LogP contribution < -0.4 is 20.9 Å². The van der Waals surface area contributed by atoms with Gasteiger partial charge in [0, 0.05) is 60.2 Å². The van der Waals surface area contributed by atoms with Crippen LogP contribution in [0.3, 0.4) is 0 Å². The number of halogens is 3. The number of benzene rings is 2. The second-order valence-electron chi connectivity index (χ2n) is 10.3. The molecule has 0 bridgehead atoms. The van der Waals surface area contributed by atoms with Crippen LogP contribution in [0.15, 0.2) is 61.2 Å². The molecule has 6 rings (SSSR count). The minimum absolute atomic E-state index is 0.0867. The largest absolute Gasteiger partial charge is 0.416 e. The van der Waals surface area contributed by atoms with Crippen LogP contribution in [-0.4, -0.2) is 57.8 Å². The Morgan fingerprint density at radius 2 is 1.83 bits per heavy atom. The van der Waals surface area contributed by atoms with Gasteiger partial charge in [-0.2, -0.15) is 13.2 Å². The first-order valence-electron chi connectivity index (χ1n) is 13.6. The number of amides is 1. The molecule has 2 fully saturated rings. The van der Waals surface area contributed by atoms with Crippen molar-refractivity contribution in [3.63, 3.8) is 0 Å². The van der Waals surface area contributed by atoms with E-state index in [-0.39, 0.29) is 5.56 Å². The Morgan fingerprint density at radius 1 is 1.02 bits per heavy atom. The van der Waals surface area contributed by atoms with Crippen LogP contribution >= 0.6 is 0 Å². The van der Waals surface area contributed by atoms with Crippen LogP contribution in [0.2, 0.25) is 0 Å². The quantitative estimate of drug-likeness (QED) is 0.255. The molecule has 2 aromatic carbocycles. The van der Waals surface area contributed by atoms with E-state index in [1.807, 2.05) is 13.0 Å². The second-order valence-corrected chi connectivity index (χ2v) is 10.3. The summed E-state index contributed by atoms with van der Waals surface area (Å²) in [6.07, 6.45) is 2.53. The molecule has 3 heterocycles. The number of aryl methyl sites for hydroxylation is 1. The molecule has 3 N–H and O–H groups in total. The highest BCUT2D eigenvalue weighted by Crippen LogP contribution is 2.34. The average Bonchev–Trinajstić information content (AvgIpc) is 3.68. The standard InChI is InChI=1S/C29H29F3N8O2/c1-18-2-3-22(37-27(41)19-12-20(29(30,31)32)14-23(13-19)39-8-10-42-11-9-39)15-24(18)38-28-33-6-7-40(28)26-16-25(34-17-35-26)36-21-4-5-21/h2-3,6-7,12-17,21H,4-5,8-11H2,1H3,(H,33,38)(H,37,41)(H,34,35,36). The van der Waals surface area contributed by atoms with E-state index in [1.54, 1.807) is 40.1 Å². The molecule has 4 aromatic rings. The summed E-state index contributed by atoms with van der Waals surface area (Å²) in [4.78, 5) is 28.1. The van der Waals surface area contributed by atoms with E-state index in [0.717, 1.165) is 36.4 Å². The first kappa shape index (κ1) is 27.5. The topological polar surface area (TPSA) is 109 Å². The van der Waals surface area contributed by atoms with Gasteiger partial charge in [0.1, 0.15) is 18.0 Å². The van der Waals surface area contributed by atoms with Gasteiger partial charge in [-0.05, 0) is 55.7 Å². The maximum atomic E-state index is 13.7. The highest BCUT2D eigenvalue weighted by Gasteiger charge is 2.32. The number of rotatable bonds is 8. The van der Waals surface area contributed by atoms with Crippen LogP contribution in [0.4, 0.5) is 42.0 Å². The number of morpholine rings is 1. The number of hydrogen-bond donors (Lipinski definition) is 3. The van der Waals surface area contributed by atoms with E-state index >= 15 is 0 Å². The highest BCUT2D eigenvalue weighted by atomic mass is 19.4. The molecular weight excluding hydrogens is 549 g/mol. The zero-order valence-electron chi connectivity index (χ0n) is 22.8. The van der Waals surface area contributed by atoms with Gasteiger partial charge in [0.15, 0.2) is 0 Å². The van der Waals surface area contributed by atoms with Gasteiger partial charge in [-0.3, -0.25) is 9.36 Å². The Balaban J connectivity index is 1.22. The van der Waals surface area contributed by atoms with E-state index in [2.05, 4.69) is 30.9 Å². The van der Waals surface area contributed by atoms with Crippen molar-refractivity contribution in [3.05, 3.63) is 77.9 Å².